The van der Waals surface area contributed by atoms with Crippen LogP contribution in [0.15, 0.2) is 23.3 Å². The van der Waals surface area contributed by atoms with Crippen LogP contribution in [-0.4, -0.2) is 36.3 Å². The van der Waals surface area contributed by atoms with Gasteiger partial charge in [-0.1, -0.05) is 6.07 Å². The molecule has 3 N–H and O–H groups in total. The summed E-state index contributed by atoms with van der Waals surface area (Å²) in [7, 11) is 1.42. The molecule has 20 heavy (non-hydrogen) atoms. The van der Waals surface area contributed by atoms with Gasteiger partial charge in [0.25, 0.3) is 0 Å². The van der Waals surface area contributed by atoms with E-state index in [1.807, 2.05) is 0 Å². The van der Waals surface area contributed by atoms with E-state index in [4.69, 9.17) is 4.74 Å². The highest BCUT2D eigenvalue weighted by Crippen LogP contribution is 2.27. The Kier molecular flexibility index (Phi) is 5.52. The van der Waals surface area contributed by atoms with Crippen molar-refractivity contribution in [3.8, 4) is 11.5 Å². The van der Waals surface area contributed by atoms with Gasteiger partial charge in [-0.05, 0) is 26.0 Å². The van der Waals surface area contributed by atoms with Crippen molar-refractivity contribution < 1.29 is 19.4 Å². The third-order valence-electron chi connectivity index (χ3n) is 2.25. The Morgan fingerprint density at radius 1 is 1.35 bits per heavy atom. The third-order valence-corrected chi connectivity index (χ3v) is 2.25. The van der Waals surface area contributed by atoms with Crippen LogP contribution in [0.4, 0.5) is 0 Å². The highest BCUT2D eigenvalue weighted by atomic mass is 16.5. The molecule has 0 atom stereocenters. The smallest absolute Gasteiger partial charge is 0.329 e. The number of aromatic hydroxyl groups is 1. The second-order valence-corrected chi connectivity index (χ2v) is 4.23. The van der Waals surface area contributed by atoms with Crippen molar-refractivity contribution in [2.45, 2.75) is 19.9 Å². The van der Waals surface area contributed by atoms with Crippen LogP contribution in [0.25, 0.3) is 0 Å². The number of phenolic OH excluding ortho intramolecular Hbond substituents is 1. The van der Waals surface area contributed by atoms with Gasteiger partial charge >= 0.3 is 11.8 Å². The minimum atomic E-state index is -0.877. The molecule has 108 valence electrons. The summed E-state index contributed by atoms with van der Waals surface area (Å²) >= 11 is 0. The number of phenols is 1. The van der Waals surface area contributed by atoms with Crippen LogP contribution >= 0.6 is 0 Å². The zero-order chi connectivity index (χ0) is 15.1. The molecule has 0 unspecified atom stereocenters. The molecule has 0 spiro atoms. The van der Waals surface area contributed by atoms with Gasteiger partial charge in [-0.15, -0.1) is 0 Å². The maximum Gasteiger partial charge on any atom is 0.329 e. The van der Waals surface area contributed by atoms with E-state index in [0.717, 1.165) is 0 Å². The van der Waals surface area contributed by atoms with Gasteiger partial charge in [0.1, 0.15) is 0 Å². The molecule has 2 amide bonds. The molecule has 7 nitrogen and oxygen atoms in total. The zero-order valence-corrected chi connectivity index (χ0v) is 11.5. The van der Waals surface area contributed by atoms with Crippen molar-refractivity contribution in [1.29, 1.82) is 0 Å². The van der Waals surface area contributed by atoms with Gasteiger partial charge in [-0.2, -0.15) is 5.10 Å². The Bertz CT molecular complexity index is 526. The summed E-state index contributed by atoms with van der Waals surface area (Å²) in [6, 6.07) is 4.69. The number of rotatable bonds is 4. The third kappa shape index (κ3) is 4.27. The zero-order valence-electron chi connectivity index (χ0n) is 11.5. The van der Waals surface area contributed by atoms with Gasteiger partial charge in [0.05, 0.1) is 13.3 Å². The van der Waals surface area contributed by atoms with Crippen LogP contribution in [0.5, 0.6) is 11.5 Å². The van der Waals surface area contributed by atoms with Crippen molar-refractivity contribution in [1.82, 2.24) is 10.7 Å². The van der Waals surface area contributed by atoms with Crippen LogP contribution in [0.1, 0.15) is 19.4 Å². The second-order valence-electron chi connectivity index (χ2n) is 4.23. The fraction of sp³-hybridized carbons (Fsp3) is 0.308. The number of methoxy groups -OCH3 is 1. The molecule has 0 aliphatic carbocycles. The minimum Gasteiger partial charge on any atom is -0.504 e. The number of ether oxygens (including phenoxy) is 1. The number of hydrogen-bond acceptors (Lipinski definition) is 5. The van der Waals surface area contributed by atoms with Crippen LogP contribution in [0.3, 0.4) is 0 Å². The fourth-order valence-corrected chi connectivity index (χ4v) is 1.35. The number of hydrazone groups is 1. The first-order valence-electron chi connectivity index (χ1n) is 5.95. The monoisotopic (exact) mass is 279 g/mol. The molecule has 0 saturated heterocycles. The first kappa shape index (κ1) is 15.5. The molecule has 1 rings (SSSR count). The number of carbonyl (C=O) groups is 2. The lowest BCUT2D eigenvalue weighted by atomic mass is 10.2. The normalized spacial score (nSPS) is 10.6. The lowest BCUT2D eigenvalue weighted by molar-refractivity contribution is -0.139. The Morgan fingerprint density at radius 2 is 2.05 bits per heavy atom. The highest BCUT2D eigenvalue weighted by molar-refractivity contribution is 6.35. The summed E-state index contributed by atoms with van der Waals surface area (Å²) in [6.45, 7) is 3.48. The number of benzene rings is 1. The average molecular weight is 279 g/mol. The fourth-order valence-electron chi connectivity index (χ4n) is 1.35. The van der Waals surface area contributed by atoms with Crippen LogP contribution in [0, 0.1) is 0 Å². The predicted octanol–water partition coefficient (Wildman–Crippen LogP) is 0.375. The summed E-state index contributed by atoms with van der Waals surface area (Å²) in [6.07, 6.45) is 1.22. The predicted molar refractivity (Wildman–Crippen MR) is 73.7 cm³/mol. The summed E-state index contributed by atoms with van der Waals surface area (Å²) in [5.74, 6) is -1.46. The van der Waals surface area contributed by atoms with E-state index in [1.165, 1.54) is 13.3 Å². The second kappa shape index (κ2) is 7.13. The van der Waals surface area contributed by atoms with E-state index >= 15 is 0 Å². The maximum absolute atomic E-state index is 11.4. The lowest BCUT2D eigenvalue weighted by Crippen LogP contribution is -2.41. The number of carbonyl (C=O) groups excluding carboxylic acids is 2. The first-order valence-corrected chi connectivity index (χ1v) is 5.95. The van der Waals surface area contributed by atoms with E-state index in [0.29, 0.717) is 5.56 Å². The molecule has 0 heterocycles. The largest absolute Gasteiger partial charge is 0.504 e. The Hall–Kier alpha value is -2.57. The van der Waals surface area contributed by atoms with E-state index in [-0.39, 0.29) is 17.5 Å². The average Bonchev–Trinajstić information content (AvgIpc) is 2.39. The summed E-state index contributed by atoms with van der Waals surface area (Å²) < 4.78 is 4.93. The van der Waals surface area contributed by atoms with Crippen molar-refractivity contribution in [3.05, 3.63) is 23.8 Å². The number of hydrogen-bond donors (Lipinski definition) is 3. The summed E-state index contributed by atoms with van der Waals surface area (Å²) in [5.41, 5.74) is 2.42. The Morgan fingerprint density at radius 3 is 2.65 bits per heavy atom. The van der Waals surface area contributed by atoms with Crippen molar-refractivity contribution in [2.75, 3.05) is 7.11 Å². The van der Waals surface area contributed by atoms with Crippen molar-refractivity contribution >= 4 is 18.0 Å². The topological polar surface area (TPSA) is 100 Å². The van der Waals surface area contributed by atoms with Gasteiger partial charge in [-0.3, -0.25) is 9.59 Å². The van der Waals surface area contributed by atoms with E-state index in [2.05, 4.69) is 15.8 Å². The van der Waals surface area contributed by atoms with E-state index in [1.54, 1.807) is 32.0 Å². The molecule has 7 heteroatoms. The molecule has 0 fully saturated rings. The number of amides is 2. The van der Waals surface area contributed by atoms with Crippen LogP contribution < -0.4 is 15.5 Å². The standard InChI is InChI=1S/C13H17N3O4/c1-8(2)15-12(18)13(19)16-14-7-9-5-4-6-10(20-3)11(9)17/h4-8,17H,1-3H3,(H,15,18)(H,16,19)/b14-7-. The Labute approximate surface area is 116 Å². The van der Waals surface area contributed by atoms with Crippen LogP contribution in [0.2, 0.25) is 0 Å². The minimum absolute atomic E-state index is 0.0976. The molecule has 0 aromatic heterocycles. The molecule has 0 radical (unpaired) electrons. The van der Waals surface area contributed by atoms with Crippen molar-refractivity contribution in [2.24, 2.45) is 5.10 Å². The van der Waals surface area contributed by atoms with Gasteiger partial charge in [0, 0.05) is 11.6 Å². The highest BCUT2D eigenvalue weighted by Gasteiger charge is 2.13. The molecule has 1 aromatic carbocycles. The Balaban J connectivity index is 2.66. The molecular formula is C13H17N3O4. The van der Waals surface area contributed by atoms with E-state index in [9.17, 15) is 14.7 Å². The number of para-hydroxylation sites is 1. The molecule has 1 aromatic rings. The molecular weight excluding hydrogens is 262 g/mol. The molecule has 0 aliphatic rings. The van der Waals surface area contributed by atoms with Crippen LogP contribution in [-0.2, 0) is 9.59 Å². The van der Waals surface area contributed by atoms with Gasteiger partial charge in [0.2, 0.25) is 0 Å². The lowest BCUT2D eigenvalue weighted by Gasteiger charge is -2.06. The maximum atomic E-state index is 11.4. The summed E-state index contributed by atoms with van der Waals surface area (Å²) in [5, 5.41) is 15.8. The number of nitrogens with zero attached hydrogens (tertiary/aromatic N) is 1. The summed E-state index contributed by atoms with van der Waals surface area (Å²) in [4.78, 5) is 22.6. The number of nitrogens with one attached hydrogen (secondary N) is 2. The van der Waals surface area contributed by atoms with Gasteiger partial charge in [-0.25, -0.2) is 5.43 Å². The SMILES string of the molecule is COc1cccc(/C=N\NC(=O)C(=O)NC(C)C)c1O. The first-order chi connectivity index (χ1) is 9.45. The quantitative estimate of drug-likeness (QED) is 0.421. The van der Waals surface area contributed by atoms with Gasteiger partial charge < -0.3 is 15.2 Å². The van der Waals surface area contributed by atoms with Gasteiger partial charge in [0.15, 0.2) is 11.5 Å². The van der Waals surface area contributed by atoms with E-state index < -0.39 is 11.8 Å². The van der Waals surface area contributed by atoms with Crippen molar-refractivity contribution in [3.63, 3.8) is 0 Å². The molecule has 0 bridgehead atoms. The molecule has 0 saturated carbocycles. The molecule has 0 aliphatic heterocycles.